The predicted octanol–water partition coefficient (Wildman–Crippen LogP) is 5.25. The van der Waals surface area contributed by atoms with E-state index in [0.29, 0.717) is 6.04 Å². The zero-order chi connectivity index (χ0) is 13.9. The molecule has 3 rings (SSSR count). The van der Waals surface area contributed by atoms with Gasteiger partial charge in [0.2, 0.25) is 0 Å². The smallest absolute Gasteiger partial charge is 0.0464 e. The SMILES string of the molecule is CCNC(Cc1sccc1Br)c1cc2c(s1)CCSC2. The molecular weight excluding hydrogens is 370 g/mol. The minimum atomic E-state index is 0.454. The van der Waals surface area contributed by atoms with Crippen LogP contribution >= 0.6 is 50.4 Å². The van der Waals surface area contributed by atoms with Crippen molar-refractivity contribution >= 4 is 50.4 Å². The van der Waals surface area contributed by atoms with Crippen LogP contribution in [0.15, 0.2) is 22.0 Å². The van der Waals surface area contributed by atoms with E-state index in [9.17, 15) is 0 Å². The summed E-state index contributed by atoms with van der Waals surface area (Å²) in [6.45, 7) is 3.21. The zero-order valence-electron chi connectivity index (χ0n) is 11.4. The molecule has 0 amide bonds. The summed E-state index contributed by atoms with van der Waals surface area (Å²) in [6, 6.07) is 5.05. The van der Waals surface area contributed by atoms with Crippen LogP contribution < -0.4 is 5.32 Å². The molecule has 1 aliphatic heterocycles. The highest BCUT2D eigenvalue weighted by atomic mass is 79.9. The lowest BCUT2D eigenvalue weighted by Crippen LogP contribution is -2.21. The number of rotatable bonds is 5. The van der Waals surface area contributed by atoms with Crippen LogP contribution in [0.25, 0.3) is 0 Å². The Morgan fingerprint density at radius 1 is 1.45 bits per heavy atom. The summed E-state index contributed by atoms with van der Waals surface area (Å²) in [4.78, 5) is 4.57. The van der Waals surface area contributed by atoms with Gasteiger partial charge < -0.3 is 5.32 Å². The molecule has 2 aromatic rings. The molecule has 108 valence electrons. The second kappa shape index (κ2) is 6.97. The number of thiophene rings is 2. The number of nitrogens with one attached hydrogen (secondary N) is 1. The summed E-state index contributed by atoms with van der Waals surface area (Å²) >= 11 is 9.59. The van der Waals surface area contributed by atoms with Gasteiger partial charge in [-0.05, 0) is 57.7 Å². The highest BCUT2D eigenvalue weighted by Gasteiger charge is 2.20. The fourth-order valence-electron chi connectivity index (χ4n) is 2.52. The predicted molar refractivity (Wildman–Crippen MR) is 96.3 cm³/mol. The Labute approximate surface area is 141 Å². The second-order valence-electron chi connectivity index (χ2n) is 4.91. The molecule has 0 spiro atoms. The molecule has 1 aliphatic rings. The average Bonchev–Trinajstić information content (AvgIpc) is 3.04. The first-order chi connectivity index (χ1) is 9.78. The summed E-state index contributed by atoms with van der Waals surface area (Å²) in [5, 5.41) is 5.83. The van der Waals surface area contributed by atoms with Crippen molar-refractivity contribution in [1.29, 1.82) is 0 Å². The van der Waals surface area contributed by atoms with Crippen molar-refractivity contribution in [1.82, 2.24) is 5.32 Å². The van der Waals surface area contributed by atoms with E-state index in [2.05, 4.69) is 57.4 Å². The lowest BCUT2D eigenvalue weighted by Gasteiger charge is -2.16. The van der Waals surface area contributed by atoms with Crippen LogP contribution in [0, 0.1) is 0 Å². The van der Waals surface area contributed by atoms with Crippen LogP contribution in [0.3, 0.4) is 0 Å². The molecular formula is C15H18BrNS3. The van der Waals surface area contributed by atoms with E-state index >= 15 is 0 Å². The topological polar surface area (TPSA) is 12.0 Å². The fraction of sp³-hybridized carbons (Fsp3) is 0.467. The summed E-state index contributed by atoms with van der Waals surface area (Å²) in [6.07, 6.45) is 2.34. The Balaban J connectivity index is 1.82. The molecule has 1 unspecified atom stereocenters. The van der Waals surface area contributed by atoms with Crippen LogP contribution in [0.2, 0.25) is 0 Å². The van der Waals surface area contributed by atoms with E-state index in [1.807, 2.05) is 22.7 Å². The second-order valence-corrected chi connectivity index (χ2v) is 9.03. The average molecular weight is 388 g/mol. The van der Waals surface area contributed by atoms with E-state index in [0.717, 1.165) is 13.0 Å². The fourth-order valence-corrected chi connectivity index (χ4v) is 6.53. The van der Waals surface area contributed by atoms with Gasteiger partial charge in [0.25, 0.3) is 0 Å². The Morgan fingerprint density at radius 3 is 3.05 bits per heavy atom. The molecule has 1 atom stereocenters. The number of aryl methyl sites for hydroxylation is 1. The largest absolute Gasteiger partial charge is 0.309 e. The Hall–Kier alpha value is 0.190. The molecule has 0 aliphatic carbocycles. The number of hydrogen-bond donors (Lipinski definition) is 1. The van der Waals surface area contributed by atoms with Crippen LogP contribution in [-0.2, 0) is 18.6 Å². The van der Waals surface area contributed by atoms with Crippen molar-refractivity contribution < 1.29 is 0 Å². The first-order valence-electron chi connectivity index (χ1n) is 6.92. The first kappa shape index (κ1) is 15.1. The number of thioether (sulfide) groups is 1. The van der Waals surface area contributed by atoms with Gasteiger partial charge in [-0.15, -0.1) is 22.7 Å². The van der Waals surface area contributed by atoms with Crippen molar-refractivity contribution in [2.45, 2.75) is 31.6 Å². The lowest BCUT2D eigenvalue weighted by atomic mass is 10.1. The van der Waals surface area contributed by atoms with Gasteiger partial charge >= 0.3 is 0 Å². The highest BCUT2D eigenvalue weighted by molar-refractivity contribution is 9.10. The van der Waals surface area contributed by atoms with Gasteiger partial charge in [-0.1, -0.05) is 6.92 Å². The summed E-state index contributed by atoms with van der Waals surface area (Å²) in [5.41, 5.74) is 1.58. The van der Waals surface area contributed by atoms with Gasteiger partial charge in [0.15, 0.2) is 0 Å². The van der Waals surface area contributed by atoms with E-state index < -0.39 is 0 Å². The van der Waals surface area contributed by atoms with E-state index in [1.54, 1.807) is 10.4 Å². The van der Waals surface area contributed by atoms with Crippen molar-refractivity contribution in [2.75, 3.05) is 12.3 Å². The van der Waals surface area contributed by atoms with Crippen molar-refractivity contribution in [3.8, 4) is 0 Å². The minimum Gasteiger partial charge on any atom is -0.309 e. The van der Waals surface area contributed by atoms with Crippen LogP contribution in [0.1, 0.15) is 33.2 Å². The Morgan fingerprint density at radius 2 is 2.35 bits per heavy atom. The number of hydrogen-bond acceptors (Lipinski definition) is 4. The minimum absolute atomic E-state index is 0.454. The summed E-state index contributed by atoms with van der Waals surface area (Å²) in [5.74, 6) is 2.49. The van der Waals surface area contributed by atoms with Crippen LogP contribution in [0.5, 0.6) is 0 Å². The van der Waals surface area contributed by atoms with Crippen molar-refractivity contribution in [3.63, 3.8) is 0 Å². The molecule has 2 aromatic heterocycles. The van der Waals surface area contributed by atoms with Crippen LogP contribution in [-0.4, -0.2) is 12.3 Å². The van der Waals surface area contributed by atoms with E-state index in [4.69, 9.17) is 0 Å². The molecule has 0 aromatic carbocycles. The quantitative estimate of drug-likeness (QED) is 0.750. The molecule has 20 heavy (non-hydrogen) atoms. The van der Waals surface area contributed by atoms with Gasteiger partial charge in [0.1, 0.15) is 0 Å². The number of halogens is 1. The van der Waals surface area contributed by atoms with E-state index in [1.165, 1.54) is 32.2 Å². The highest BCUT2D eigenvalue weighted by Crippen LogP contribution is 2.36. The molecule has 1 N–H and O–H groups in total. The Bertz CT molecular complexity index is 552. The zero-order valence-corrected chi connectivity index (χ0v) is 15.5. The van der Waals surface area contributed by atoms with Gasteiger partial charge in [0, 0.05) is 37.3 Å². The van der Waals surface area contributed by atoms with Crippen molar-refractivity contribution in [3.05, 3.63) is 42.2 Å². The van der Waals surface area contributed by atoms with Crippen LogP contribution in [0.4, 0.5) is 0 Å². The summed E-state index contributed by atoms with van der Waals surface area (Å²) < 4.78 is 1.25. The standard InChI is InChI=1S/C15H18BrNS3/c1-2-17-12(8-14-11(16)3-6-19-14)15-7-10-9-18-5-4-13(10)20-15/h3,6-7,12,17H,2,4-5,8-9H2,1H3. The van der Waals surface area contributed by atoms with Gasteiger partial charge in [-0.2, -0.15) is 11.8 Å². The maximum atomic E-state index is 3.66. The third kappa shape index (κ3) is 3.33. The normalized spacial score (nSPS) is 16.1. The number of likely N-dealkylation sites (N-methyl/N-ethyl adjacent to an activating group) is 1. The van der Waals surface area contributed by atoms with Gasteiger partial charge in [-0.3, -0.25) is 0 Å². The third-order valence-corrected chi connectivity index (χ3v) is 7.83. The molecule has 1 nitrogen and oxygen atoms in total. The molecule has 0 bridgehead atoms. The maximum absolute atomic E-state index is 3.66. The number of fused-ring (bicyclic) bond motifs is 1. The first-order valence-corrected chi connectivity index (χ1v) is 10.6. The van der Waals surface area contributed by atoms with Crippen molar-refractivity contribution in [2.24, 2.45) is 0 Å². The Kier molecular flexibility index (Phi) is 5.26. The van der Waals surface area contributed by atoms with Gasteiger partial charge in [0.05, 0.1) is 0 Å². The molecule has 0 saturated carbocycles. The third-order valence-electron chi connectivity index (χ3n) is 3.52. The molecule has 0 radical (unpaired) electrons. The summed E-state index contributed by atoms with van der Waals surface area (Å²) in [7, 11) is 0. The maximum Gasteiger partial charge on any atom is 0.0464 e. The molecule has 3 heterocycles. The molecule has 0 fully saturated rings. The monoisotopic (exact) mass is 387 g/mol. The van der Waals surface area contributed by atoms with Gasteiger partial charge in [-0.25, -0.2) is 0 Å². The molecule has 0 saturated heterocycles. The lowest BCUT2D eigenvalue weighted by molar-refractivity contribution is 0.561. The molecule has 5 heteroatoms. The van der Waals surface area contributed by atoms with E-state index in [-0.39, 0.29) is 0 Å².